The SMILES string of the molecule is Cc1cc(-c2c(Cl)cccc2Cl)c[nH]c1=O. The highest BCUT2D eigenvalue weighted by Gasteiger charge is 2.08. The summed E-state index contributed by atoms with van der Waals surface area (Å²) in [4.78, 5) is 13.9. The van der Waals surface area contributed by atoms with Gasteiger partial charge in [0.15, 0.2) is 0 Å². The fourth-order valence-electron chi connectivity index (χ4n) is 1.52. The summed E-state index contributed by atoms with van der Waals surface area (Å²) >= 11 is 12.2. The fraction of sp³-hybridized carbons (Fsp3) is 0.0833. The summed E-state index contributed by atoms with van der Waals surface area (Å²) in [6.45, 7) is 1.74. The number of H-pyrrole nitrogens is 1. The summed E-state index contributed by atoms with van der Waals surface area (Å²) in [5, 5.41) is 1.14. The number of pyridine rings is 1. The lowest BCUT2D eigenvalue weighted by Gasteiger charge is -2.07. The van der Waals surface area contributed by atoms with Crippen LogP contribution in [-0.2, 0) is 0 Å². The van der Waals surface area contributed by atoms with Gasteiger partial charge in [-0.25, -0.2) is 0 Å². The Balaban J connectivity index is 2.68. The van der Waals surface area contributed by atoms with Crippen LogP contribution in [0.1, 0.15) is 5.56 Å². The maximum atomic E-state index is 11.3. The molecular weight excluding hydrogens is 245 g/mol. The molecule has 4 heteroatoms. The number of rotatable bonds is 1. The summed E-state index contributed by atoms with van der Waals surface area (Å²) in [6, 6.07) is 7.09. The number of aryl methyl sites for hydroxylation is 1. The number of aromatic amines is 1. The summed E-state index contributed by atoms with van der Waals surface area (Å²) < 4.78 is 0. The van der Waals surface area contributed by atoms with Gasteiger partial charge in [0.1, 0.15) is 0 Å². The molecule has 0 saturated heterocycles. The Hall–Kier alpha value is -1.25. The molecule has 0 aliphatic rings. The van der Waals surface area contributed by atoms with E-state index >= 15 is 0 Å². The van der Waals surface area contributed by atoms with E-state index in [1.807, 2.05) is 0 Å². The molecule has 0 amide bonds. The van der Waals surface area contributed by atoms with Crippen molar-refractivity contribution in [3.05, 3.63) is 56.4 Å². The lowest BCUT2D eigenvalue weighted by molar-refractivity contribution is 1.18. The van der Waals surface area contributed by atoms with Crippen molar-refractivity contribution in [2.45, 2.75) is 6.92 Å². The molecule has 0 aliphatic heterocycles. The van der Waals surface area contributed by atoms with Crippen molar-refractivity contribution in [3.63, 3.8) is 0 Å². The van der Waals surface area contributed by atoms with Gasteiger partial charge in [-0.3, -0.25) is 4.79 Å². The van der Waals surface area contributed by atoms with E-state index in [1.165, 1.54) is 0 Å². The molecule has 1 heterocycles. The van der Waals surface area contributed by atoms with Crippen molar-refractivity contribution < 1.29 is 0 Å². The van der Waals surface area contributed by atoms with Crippen LogP contribution >= 0.6 is 23.2 Å². The first-order valence-corrected chi connectivity index (χ1v) is 5.49. The molecular formula is C12H9Cl2NO. The minimum Gasteiger partial charge on any atom is -0.328 e. The largest absolute Gasteiger partial charge is 0.328 e. The summed E-state index contributed by atoms with van der Waals surface area (Å²) in [5.74, 6) is 0. The number of hydrogen-bond donors (Lipinski definition) is 1. The monoisotopic (exact) mass is 253 g/mol. The van der Waals surface area contributed by atoms with Crippen LogP contribution in [0.25, 0.3) is 11.1 Å². The van der Waals surface area contributed by atoms with Crippen LogP contribution in [0.2, 0.25) is 10.0 Å². The zero-order valence-electron chi connectivity index (χ0n) is 8.55. The van der Waals surface area contributed by atoms with Crippen molar-refractivity contribution in [1.29, 1.82) is 0 Å². The number of nitrogens with one attached hydrogen (secondary N) is 1. The Morgan fingerprint density at radius 3 is 2.38 bits per heavy atom. The Morgan fingerprint density at radius 1 is 1.19 bits per heavy atom. The lowest BCUT2D eigenvalue weighted by atomic mass is 10.1. The highest BCUT2D eigenvalue weighted by atomic mass is 35.5. The second-order valence-corrected chi connectivity index (χ2v) is 4.31. The Bertz CT molecular complexity index is 570. The molecule has 0 fully saturated rings. The average Bonchev–Trinajstić information content (AvgIpc) is 2.23. The molecule has 1 aromatic carbocycles. The molecule has 0 atom stereocenters. The van der Waals surface area contributed by atoms with Gasteiger partial charge in [0.2, 0.25) is 0 Å². The van der Waals surface area contributed by atoms with E-state index in [2.05, 4.69) is 4.98 Å². The standard InChI is InChI=1S/C12H9Cl2NO/c1-7-5-8(6-15-12(7)16)11-9(13)3-2-4-10(11)14/h2-6H,1H3,(H,15,16). The first-order valence-electron chi connectivity index (χ1n) is 4.73. The molecule has 0 saturated carbocycles. The van der Waals surface area contributed by atoms with Gasteiger partial charge in [-0.1, -0.05) is 29.3 Å². The Kier molecular flexibility index (Phi) is 3.03. The average molecular weight is 254 g/mol. The van der Waals surface area contributed by atoms with Gasteiger partial charge >= 0.3 is 0 Å². The topological polar surface area (TPSA) is 32.9 Å². The zero-order chi connectivity index (χ0) is 11.7. The second-order valence-electron chi connectivity index (χ2n) is 3.50. The van der Waals surface area contributed by atoms with Gasteiger partial charge < -0.3 is 4.98 Å². The molecule has 2 rings (SSSR count). The fourth-order valence-corrected chi connectivity index (χ4v) is 2.13. The van der Waals surface area contributed by atoms with Crippen LogP contribution in [0.15, 0.2) is 35.3 Å². The van der Waals surface area contributed by atoms with Gasteiger partial charge in [0.25, 0.3) is 5.56 Å². The van der Waals surface area contributed by atoms with Crippen LogP contribution < -0.4 is 5.56 Å². The van der Waals surface area contributed by atoms with Crippen molar-refractivity contribution in [2.24, 2.45) is 0 Å². The quantitative estimate of drug-likeness (QED) is 0.827. The number of benzene rings is 1. The molecule has 0 spiro atoms. The Morgan fingerprint density at radius 2 is 1.81 bits per heavy atom. The lowest BCUT2D eigenvalue weighted by Crippen LogP contribution is -2.07. The minimum absolute atomic E-state index is 0.105. The maximum absolute atomic E-state index is 11.3. The number of hydrogen-bond acceptors (Lipinski definition) is 1. The van der Waals surface area contributed by atoms with E-state index in [-0.39, 0.29) is 5.56 Å². The summed E-state index contributed by atoms with van der Waals surface area (Å²) in [5.41, 5.74) is 2.08. The van der Waals surface area contributed by atoms with Crippen molar-refractivity contribution in [2.75, 3.05) is 0 Å². The molecule has 0 radical (unpaired) electrons. The van der Waals surface area contributed by atoms with E-state index in [0.717, 1.165) is 11.1 Å². The zero-order valence-corrected chi connectivity index (χ0v) is 10.1. The predicted octanol–water partition coefficient (Wildman–Crippen LogP) is 3.66. The third kappa shape index (κ3) is 1.99. The number of halogens is 2. The van der Waals surface area contributed by atoms with Crippen molar-refractivity contribution in [3.8, 4) is 11.1 Å². The van der Waals surface area contributed by atoms with Crippen LogP contribution in [-0.4, -0.2) is 4.98 Å². The van der Waals surface area contributed by atoms with Crippen LogP contribution in [0, 0.1) is 6.92 Å². The normalized spacial score (nSPS) is 10.4. The molecule has 0 aliphatic carbocycles. The number of aromatic nitrogens is 1. The minimum atomic E-state index is -0.105. The molecule has 82 valence electrons. The smallest absolute Gasteiger partial charge is 0.250 e. The van der Waals surface area contributed by atoms with Gasteiger partial charge in [0.05, 0.1) is 0 Å². The molecule has 2 aromatic rings. The molecule has 1 N–H and O–H groups in total. The molecule has 1 aromatic heterocycles. The van der Waals surface area contributed by atoms with Crippen LogP contribution in [0.3, 0.4) is 0 Å². The molecule has 16 heavy (non-hydrogen) atoms. The van der Waals surface area contributed by atoms with E-state index < -0.39 is 0 Å². The van der Waals surface area contributed by atoms with Gasteiger partial charge in [-0.05, 0) is 25.1 Å². The van der Waals surface area contributed by atoms with Crippen molar-refractivity contribution in [1.82, 2.24) is 4.98 Å². The Labute approximate surface area is 103 Å². The second kappa shape index (κ2) is 4.32. The van der Waals surface area contributed by atoms with Crippen LogP contribution in [0.5, 0.6) is 0 Å². The summed E-state index contributed by atoms with van der Waals surface area (Å²) in [7, 11) is 0. The first-order chi connectivity index (χ1) is 7.59. The molecule has 2 nitrogen and oxygen atoms in total. The highest BCUT2D eigenvalue weighted by Crippen LogP contribution is 2.33. The van der Waals surface area contributed by atoms with E-state index in [1.54, 1.807) is 37.4 Å². The van der Waals surface area contributed by atoms with E-state index in [0.29, 0.717) is 15.6 Å². The van der Waals surface area contributed by atoms with Crippen LogP contribution in [0.4, 0.5) is 0 Å². The summed E-state index contributed by atoms with van der Waals surface area (Å²) in [6.07, 6.45) is 1.61. The van der Waals surface area contributed by atoms with Gasteiger partial charge in [-0.15, -0.1) is 0 Å². The van der Waals surface area contributed by atoms with Gasteiger partial charge in [0, 0.05) is 32.9 Å². The van der Waals surface area contributed by atoms with E-state index in [4.69, 9.17) is 23.2 Å². The van der Waals surface area contributed by atoms with Gasteiger partial charge in [-0.2, -0.15) is 0 Å². The third-order valence-corrected chi connectivity index (χ3v) is 2.97. The highest BCUT2D eigenvalue weighted by molar-refractivity contribution is 6.39. The maximum Gasteiger partial charge on any atom is 0.250 e. The molecule has 0 bridgehead atoms. The third-order valence-electron chi connectivity index (χ3n) is 2.34. The van der Waals surface area contributed by atoms with Crippen molar-refractivity contribution >= 4 is 23.2 Å². The van der Waals surface area contributed by atoms with E-state index in [9.17, 15) is 4.79 Å². The predicted molar refractivity (Wildman–Crippen MR) is 67.3 cm³/mol. The first kappa shape index (κ1) is 11.2. The molecule has 0 unspecified atom stereocenters.